The van der Waals surface area contributed by atoms with Gasteiger partial charge in [0, 0.05) is 0 Å². The van der Waals surface area contributed by atoms with E-state index in [1.807, 2.05) is 47.8 Å². The third-order valence-electron chi connectivity index (χ3n) is 3.96. The Balaban J connectivity index is 1.58. The lowest BCUT2D eigenvalue weighted by Crippen LogP contribution is -2.42. The number of rotatable bonds is 4. The Morgan fingerprint density at radius 3 is 2.34 bits per heavy atom. The molecular weight excluding hydrogens is 393 g/mol. The predicted octanol–water partition coefficient (Wildman–Crippen LogP) is 3.21. The summed E-state index contributed by atoms with van der Waals surface area (Å²) in [4.78, 5) is 29.7. The van der Waals surface area contributed by atoms with Gasteiger partial charge in [-0.25, -0.2) is 14.1 Å². The summed E-state index contributed by atoms with van der Waals surface area (Å²) in [6, 6.07) is 18.5. The van der Waals surface area contributed by atoms with Crippen LogP contribution >= 0.6 is 11.3 Å². The molecule has 0 aliphatic rings. The van der Waals surface area contributed by atoms with Gasteiger partial charge in [0.2, 0.25) is 5.82 Å². The van der Waals surface area contributed by atoms with Crippen LogP contribution in [0, 0.1) is 5.82 Å². The first kappa shape index (κ1) is 18.5. The molecule has 0 saturated carbocycles. The normalized spacial score (nSPS) is 10.5. The Labute approximate surface area is 168 Å². The topological polar surface area (TPSA) is 88.9 Å². The minimum absolute atomic E-state index is 0.133. The molecule has 0 radical (unpaired) electrons. The molecule has 2 aromatic carbocycles. The first-order valence-corrected chi connectivity index (χ1v) is 9.43. The van der Waals surface area contributed by atoms with Crippen LogP contribution in [0.4, 0.5) is 4.39 Å². The number of hydrogen-bond acceptors (Lipinski definition) is 5. The highest BCUT2D eigenvalue weighted by molar-refractivity contribution is 7.13. The molecule has 144 valence electrons. The Kier molecular flexibility index (Phi) is 5.12. The summed E-state index contributed by atoms with van der Waals surface area (Å²) in [5.74, 6) is -1.83. The van der Waals surface area contributed by atoms with Crippen LogP contribution in [-0.2, 0) is 0 Å². The fraction of sp³-hybridized carbons (Fsp3) is 0. The van der Waals surface area contributed by atoms with Crippen LogP contribution in [0.25, 0.3) is 16.4 Å². The second kappa shape index (κ2) is 8.03. The van der Waals surface area contributed by atoms with E-state index >= 15 is 0 Å². The number of aromatic nitrogens is 3. The van der Waals surface area contributed by atoms with E-state index in [0.29, 0.717) is 5.82 Å². The van der Waals surface area contributed by atoms with Crippen LogP contribution < -0.4 is 10.9 Å². The van der Waals surface area contributed by atoms with Crippen molar-refractivity contribution in [3.8, 4) is 16.4 Å². The molecule has 2 N–H and O–H groups in total. The summed E-state index contributed by atoms with van der Waals surface area (Å²) in [7, 11) is 0. The lowest BCUT2D eigenvalue weighted by atomic mass is 10.2. The number of hydrazine groups is 1. The van der Waals surface area contributed by atoms with Gasteiger partial charge in [0.25, 0.3) is 5.91 Å². The fourth-order valence-electron chi connectivity index (χ4n) is 2.60. The standard InChI is InChI=1S/C20H14FN5O2S/c21-15-10-5-4-9-14(15)19(27)23-24-20(28)17-22-18(16-11-6-12-29-16)26(25-17)13-7-2-1-3-8-13/h1-12H,(H,23,27)(H,24,28). The van der Waals surface area contributed by atoms with Gasteiger partial charge in [-0.05, 0) is 35.7 Å². The molecule has 0 aliphatic heterocycles. The van der Waals surface area contributed by atoms with Crippen molar-refractivity contribution in [1.82, 2.24) is 25.6 Å². The van der Waals surface area contributed by atoms with Gasteiger partial charge in [0.1, 0.15) is 5.82 Å². The SMILES string of the molecule is O=C(NNC(=O)c1ccccc1F)c1nc(-c2cccs2)n(-c2ccccc2)n1. The van der Waals surface area contributed by atoms with Gasteiger partial charge < -0.3 is 0 Å². The molecule has 7 nitrogen and oxygen atoms in total. The van der Waals surface area contributed by atoms with Crippen molar-refractivity contribution in [2.24, 2.45) is 0 Å². The van der Waals surface area contributed by atoms with Crippen LogP contribution in [0.5, 0.6) is 0 Å². The number of amides is 2. The third kappa shape index (κ3) is 3.90. The summed E-state index contributed by atoms with van der Waals surface area (Å²) in [5, 5.41) is 6.18. The summed E-state index contributed by atoms with van der Waals surface area (Å²) >= 11 is 1.46. The van der Waals surface area contributed by atoms with E-state index in [-0.39, 0.29) is 11.4 Å². The van der Waals surface area contributed by atoms with Crippen LogP contribution in [-0.4, -0.2) is 26.6 Å². The average molecular weight is 407 g/mol. The van der Waals surface area contributed by atoms with Crippen LogP contribution in [0.1, 0.15) is 21.0 Å². The van der Waals surface area contributed by atoms with E-state index in [2.05, 4.69) is 20.9 Å². The quantitative estimate of drug-likeness (QED) is 0.509. The largest absolute Gasteiger partial charge is 0.309 e. The van der Waals surface area contributed by atoms with E-state index in [9.17, 15) is 14.0 Å². The van der Waals surface area contributed by atoms with E-state index < -0.39 is 17.6 Å². The van der Waals surface area contributed by atoms with E-state index in [4.69, 9.17) is 0 Å². The second-order valence-corrected chi connectivity index (χ2v) is 6.82. The molecule has 0 atom stereocenters. The Hall–Kier alpha value is -3.85. The second-order valence-electron chi connectivity index (χ2n) is 5.87. The maximum absolute atomic E-state index is 13.7. The number of nitrogens with one attached hydrogen (secondary N) is 2. The van der Waals surface area contributed by atoms with Crippen LogP contribution in [0.3, 0.4) is 0 Å². The van der Waals surface area contributed by atoms with E-state index in [1.54, 1.807) is 4.68 Å². The van der Waals surface area contributed by atoms with Crippen molar-refractivity contribution in [1.29, 1.82) is 0 Å². The summed E-state index contributed by atoms with van der Waals surface area (Å²) < 4.78 is 15.2. The van der Waals surface area contributed by atoms with Crippen molar-refractivity contribution in [2.45, 2.75) is 0 Å². The maximum Gasteiger partial charge on any atom is 0.309 e. The van der Waals surface area contributed by atoms with Gasteiger partial charge in [-0.2, -0.15) is 0 Å². The summed E-state index contributed by atoms with van der Waals surface area (Å²) in [6.45, 7) is 0. The fourth-order valence-corrected chi connectivity index (χ4v) is 3.30. The molecule has 0 bridgehead atoms. The number of hydrogen-bond donors (Lipinski definition) is 2. The average Bonchev–Trinajstić information content (AvgIpc) is 3.42. The number of carbonyl (C=O) groups is 2. The van der Waals surface area contributed by atoms with Crippen LogP contribution in [0.15, 0.2) is 72.1 Å². The van der Waals surface area contributed by atoms with Gasteiger partial charge in [-0.15, -0.1) is 16.4 Å². The summed E-state index contributed by atoms with van der Waals surface area (Å²) in [5.41, 5.74) is 4.95. The number of halogens is 1. The molecule has 0 spiro atoms. The van der Waals surface area contributed by atoms with Crippen molar-refractivity contribution >= 4 is 23.2 Å². The van der Waals surface area contributed by atoms with Crippen molar-refractivity contribution in [2.75, 3.05) is 0 Å². The van der Waals surface area contributed by atoms with Crippen molar-refractivity contribution in [3.05, 3.63) is 89.3 Å². The highest BCUT2D eigenvalue weighted by Crippen LogP contribution is 2.25. The smallest absolute Gasteiger partial charge is 0.267 e. The highest BCUT2D eigenvalue weighted by atomic mass is 32.1. The number of nitrogens with zero attached hydrogens (tertiary/aromatic N) is 3. The van der Waals surface area contributed by atoms with E-state index in [1.165, 1.54) is 29.5 Å². The monoisotopic (exact) mass is 407 g/mol. The van der Waals surface area contributed by atoms with E-state index in [0.717, 1.165) is 16.6 Å². The molecular formula is C20H14FN5O2S. The molecule has 9 heteroatoms. The molecule has 29 heavy (non-hydrogen) atoms. The minimum Gasteiger partial charge on any atom is -0.267 e. The molecule has 2 heterocycles. The Morgan fingerprint density at radius 1 is 0.897 bits per heavy atom. The number of carbonyl (C=O) groups excluding carboxylic acids is 2. The van der Waals surface area contributed by atoms with Gasteiger partial charge in [-0.1, -0.05) is 36.4 Å². The zero-order valence-electron chi connectivity index (χ0n) is 14.9. The molecule has 0 unspecified atom stereocenters. The number of para-hydroxylation sites is 1. The van der Waals surface area contributed by atoms with Crippen molar-refractivity contribution < 1.29 is 14.0 Å². The molecule has 4 aromatic rings. The van der Waals surface area contributed by atoms with Gasteiger partial charge >= 0.3 is 5.91 Å². The maximum atomic E-state index is 13.7. The highest BCUT2D eigenvalue weighted by Gasteiger charge is 2.20. The lowest BCUT2D eigenvalue weighted by molar-refractivity contribution is 0.0838. The molecule has 2 aromatic heterocycles. The third-order valence-corrected chi connectivity index (χ3v) is 4.83. The number of thiophene rings is 1. The summed E-state index contributed by atoms with van der Waals surface area (Å²) in [6.07, 6.45) is 0. The Bertz CT molecular complexity index is 1160. The molecule has 4 rings (SSSR count). The van der Waals surface area contributed by atoms with Crippen LogP contribution in [0.2, 0.25) is 0 Å². The first-order valence-electron chi connectivity index (χ1n) is 8.55. The van der Waals surface area contributed by atoms with Crippen molar-refractivity contribution in [3.63, 3.8) is 0 Å². The molecule has 0 saturated heterocycles. The van der Waals surface area contributed by atoms with Gasteiger partial charge in [0.05, 0.1) is 16.1 Å². The van der Waals surface area contributed by atoms with Gasteiger partial charge in [-0.3, -0.25) is 20.4 Å². The molecule has 2 amide bonds. The minimum atomic E-state index is -0.780. The Morgan fingerprint density at radius 2 is 1.62 bits per heavy atom. The number of benzene rings is 2. The molecule has 0 aliphatic carbocycles. The van der Waals surface area contributed by atoms with Gasteiger partial charge in [0.15, 0.2) is 5.82 Å². The predicted molar refractivity (Wildman–Crippen MR) is 106 cm³/mol. The zero-order valence-corrected chi connectivity index (χ0v) is 15.7. The molecule has 0 fully saturated rings. The first-order chi connectivity index (χ1) is 14.1. The lowest BCUT2D eigenvalue weighted by Gasteiger charge is -2.06. The zero-order chi connectivity index (χ0) is 20.2.